The van der Waals surface area contributed by atoms with Crippen molar-refractivity contribution < 1.29 is 4.79 Å². The molecule has 1 saturated carbocycles. The minimum atomic E-state index is -0.104. The number of nitrogens with zero attached hydrogens (tertiary/aromatic N) is 1. The predicted molar refractivity (Wildman–Crippen MR) is 73.1 cm³/mol. The van der Waals surface area contributed by atoms with E-state index in [1.54, 1.807) is 12.3 Å². The summed E-state index contributed by atoms with van der Waals surface area (Å²) in [4.78, 5) is 16.0. The Kier molecular flexibility index (Phi) is 4.42. The van der Waals surface area contributed by atoms with Gasteiger partial charge in [-0.1, -0.05) is 24.4 Å². The van der Waals surface area contributed by atoms with Gasteiger partial charge in [-0.3, -0.25) is 4.79 Å². The normalized spacial score (nSPS) is 14.3. The number of hydrogen-bond acceptors (Lipinski definition) is 3. The Morgan fingerprint density at radius 2 is 2.33 bits per heavy atom. The zero-order chi connectivity index (χ0) is 13.0. The topological polar surface area (TPSA) is 54.0 Å². The third kappa shape index (κ3) is 3.60. The van der Waals surface area contributed by atoms with Gasteiger partial charge in [-0.2, -0.15) is 0 Å². The van der Waals surface area contributed by atoms with Gasteiger partial charge in [-0.25, -0.2) is 4.98 Å². The maximum absolute atomic E-state index is 11.8. The number of carbonyl (C=O) groups is 1. The van der Waals surface area contributed by atoms with Crippen molar-refractivity contribution in [2.24, 2.45) is 5.92 Å². The third-order valence-corrected chi connectivity index (χ3v) is 3.27. The number of halogens is 1. The van der Waals surface area contributed by atoms with E-state index >= 15 is 0 Å². The van der Waals surface area contributed by atoms with E-state index in [0.717, 1.165) is 25.4 Å². The van der Waals surface area contributed by atoms with E-state index in [0.29, 0.717) is 16.4 Å². The molecule has 0 spiro atoms. The minimum absolute atomic E-state index is 0.104. The second-order valence-electron chi connectivity index (χ2n) is 4.57. The lowest BCUT2D eigenvalue weighted by molar-refractivity contribution is 0.0952. The van der Waals surface area contributed by atoms with E-state index < -0.39 is 0 Å². The van der Waals surface area contributed by atoms with Gasteiger partial charge in [0.15, 0.2) is 0 Å². The third-order valence-electron chi connectivity index (χ3n) is 2.98. The van der Waals surface area contributed by atoms with Crippen LogP contribution in [0.5, 0.6) is 0 Å². The average Bonchev–Trinajstić information content (AvgIpc) is 3.16. The van der Waals surface area contributed by atoms with Crippen LogP contribution in [0.4, 0.5) is 5.82 Å². The molecule has 1 aliphatic rings. The molecule has 2 rings (SSSR count). The first-order chi connectivity index (χ1) is 8.70. The van der Waals surface area contributed by atoms with Gasteiger partial charge in [0.2, 0.25) is 0 Å². The van der Waals surface area contributed by atoms with Crippen LogP contribution in [0, 0.1) is 5.92 Å². The van der Waals surface area contributed by atoms with Gasteiger partial charge in [0.25, 0.3) is 5.91 Å². The first kappa shape index (κ1) is 13.1. The summed E-state index contributed by atoms with van der Waals surface area (Å²) in [5, 5.41) is 6.40. The Morgan fingerprint density at radius 1 is 1.56 bits per heavy atom. The summed E-state index contributed by atoms with van der Waals surface area (Å²) < 4.78 is 0. The average molecular weight is 268 g/mol. The molecule has 1 amide bonds. The van der Waals surface area contributed by atoms with Crippen LogP contribution in [0.25, 0.3) is 0 Å². The molecule has 18 heavy (non-hydrogen) atoms. The van der Waals surface area contributed by atoms with Crippen molar-refractivity contribution in [1.29, 1.82) is 0 Å². The standard InChI is InChI=1S/C13H18ClN3O/c1-2-15-12-11(14)7-10(8-17-12)13(18)16-6-5-9-3-4-9/h7-9H,2-6H2,1H3,(H,15,17)(H,16,18). The van der Waals surface area contributed by atoms with Crippen LogP contribution < -0.4 is 10.6 Å². The Bertz CT molecular complexity index is 432. The Balaban J connectivity index is 1.90. The van der Waals surface area contributed by atoms with Crippen molar-refractivity contribution in [3.8, 4) is 0 Å². The van der Waals surface area contributed by atoms with Crippen LogP contribution in [-0.2, 0) is 0 Å². The second-order valence-corrected chi connectivity index (χ2v) is 4.98. The molecule has 1 heterocycles. The second kappa shape index (κ2) is 6.05. The van der Waals surface area contributed by atoms with E-state index in [1.165, 1.54) is 12.8 Å². The Morgan fingerprint density at radius 3 is 2.94 bits per heavy atom. The van der Waals surface area contributed by atoms with Crippen LogP contribution in [0.3, 0.4) is 0 Å². The number of pyridine rings is 1. The summed E-state index contributed by atoms with van der Waals surface area (Å²) in [6.45, 7) is 3.45. The van der Waals surface area contributed by atoms with Crippen molar-refractivity contribution in [3.63, 3.8) is 0 Å². The molecule has 0 atom stereocenters. The van der Waals surface area contributed by atoms with Gasteiger partial charge in [0.1, 0.15) is 5.82 Å². The zero-order valence-electron chi connectivity index (χ0n) is 10.5. The van der Waals surface area contributed by atoms with E-state index in [4.69, 9.17) is 11.6 Å². The number of carbonyl (C=O) groups excluding carboxylic acids is 1. The number of hydrogen-bond donors (Lipinski definition) is 2. The van der Waals surface area contributed by atoms with Crippen LogP contribution in [0.2, 0.25) is 5.02 Å². The first-order valence-corrected chi connectivity index (χ1v) is 6.76. The smallest absolute Gasteiger partial charge is 0.252 e. The molecule has 0 saturated heterocycles. The summed E-state index contributed by atoms with van der Waals surface area (Å²) in [6, 6.07) is 1.65. The predicted octanol–water partition coefficient (Wildman–Crippen LogP) is 2.70. The van der Waals surface area contributed by atoms with Crippen molar-refractivity contribution in [1.82, 2.24) is 10.3 Å². The van der Waals surface area contributed by atoms with Gasteiger partial charge < -0.3 is 10.6 Å². The van der Waals surface area contributed by atoms with Crippen molar-refractivity contribution >= 4 is 23.3 Å². The van der Waals surface area contributed by atoms with Gasteiger partial charge in [0.05, 0.1) is 10.6 Å². The fourth-order valence-corrected chi connectivity index (χ4v) is 1.99. The van der Waals surface area contributed by atoms with E-state index in [9.17, 15) is 4.79 Å². The number of nitrogens with one attached hydrogen (secondary N) is 2. The van der Waals surface area contributed by atoms with Gasteiger partial charge in [0, 0.05) is 19.3 Å². The molecule has 1 aromatic rings. The van der Waals surface area contributed by atoms with Crippen LogP contribution in [0.1, 0.15) is 36.5 Å². The highest BCUT2D eigenvalue weighted by Crippen LogP contribution is 2.31. The zero-order valence-corrected chi connectivity index (χ0v) is 11.3. The summed E-state index contributed by atoms with van der Waals surface area (Å²) in [7, 11) is 0. The molecule has 0 aromatic carbocycles. The highest BCUT2D eigenvalue weighted by atomic mass is 35.5. The molecule has 0 aliphatic heterocycles. The molecular weight excluding hydrogens is 250 g/mol. The molecule has 0 bridgehead atoms. The molecule has 98 valence electrons. The van der Waals surface area contributed by atoms with Crippen LogP contribution >= 0.6 is 11.6 Å². The van der Waals surface area contributed by atoms with Crippen LogP contribution in [0.15, 0.2) is 12.3 Å². The lowest BCUT2D eigenvalue weighted by Gasteiger charge is -2.07. The maximum Gasteiger partial charge on any atom is 0.252 e. The van der Waals surface area contributed by atoms with Gasteiger partial charge >= 0.3 is 0 Å². The fraction of sp³-hybridized carbons (Fsp3) is 0.538. The molecule has 1 fully saturated rings. The van der Waals surface area contributed by atoms with E-state index in [-0.39, 0.29) is 5.91 Å². The number of amides is 1. The summed E-state index contributed by atoms with van der Waals surface area (Å²) in [5.74, 6) is 1.34. The first-order valence-electron chi connectivity index (χ1n) is 6.38. The molecule has 2 N–H and O–H groups in total. The van der Waals surface area contributed by atoms with Crippen LogP contribution in [-0.4, -0.2) is 24.0 Å². The monoisotopic (exact) mass is 267 g/mol. The van der Waals surface area contributed by atoms with Crippen molar-refractivity contribution in [2.75, 3.05) is 18.4 Å². The summed E-state index contributed by atoms with van der Waals surface area (Å²) >= 11 is 6.04. The number of rotatable bonds is 6. The lowest BCUT2D eigenvalue weighted by atomic mass is 10.2. The van der Waals surface area contributed by atoms with Crippen molar-refractivity contribution in [2.45, 2.75) is 26.2 Å². The fourth-order valence-electron chi connectivity index (χ4n) is 1.76. The number of anilines is 1. The van der Waals surface area contributed by atoms with E-state index in [1.807, 2.05) is 6.92 Å². The molecule has 5 heteroatoms. The van der Waals surface area contributed by atoms with E-state index in [2.05, 4.69) is 15.6 Å². The molecule has 1 aromatic heterocycles. The Hall–Kier alpha value is -1.29. The Labute approximate surface area is 112 Å². The largest absolute Gasteiger partial charge is 0.369 e. The number of aromatic nitrogens is 1. The SMILES string of the molecule is CCNc1ncc(C(=O)NCCC2CC2)cc1Cl. The summed E-state index contributed by atoms with van der Waals surface area (Å²) in [5.41, 5.74) is 0.512. The lowest BCUT2D eigenvalue weighted by Crippen LogP contribution is -2.25. The molecular formula is C13H18ClN3O. The highest BCUT2D eigenvalue weighted by Gasteiger charge is 2.20. The molecule has 0 radical (unpaired) electrons. The van der Waals surface area contributed by atoms with Gasteiger partial charge in [-0.05, 0) is 25.3 Å². The highest BCUT2D eigenvalue weighted by molar-refractivity contribution is 6.33. The quantitative estimate of drug-likeness (QED) is 0.833. The molecule has 1 aliphatic carbocycles. The molecule has 4 nitrogen and oxygen atoms in total. The van der Waals surface area contributed by atoms with Crippen molar-refractivity contribution in [3.05, 3.63) is 22.8 Å². The maximum atomic E-state index is 11.8. The van der Waals surface area contributed by atoms with Gasteiger partial charge in [-0.15, -0.1) is 0 Å². The molecule has 0 unspecified atom stereocenters. The summed E-state index contributed by atoms with van der Waals surface area (Å²) in [6.07, 6.45) is 5.24. The minimum Gasteiger partial charge on any atom is -0.369 e.